The first-order valence-corrected chi connectivity index (χ1v) is 6.72. The van der Waals surface area contributed by atoms with E-state index in [4.69, 9.17) is 11.6 Å². The van der Waals surface area contributed by atoms with E-state index < -0.39 is 0 Å². The first-order valence-electron chi connectivity index (χ1n) is 5.12. The predicted octanol–water partition coefficient (Wildman–Crippen LogP) is 3.41. The summed E-state index contributed by atoms with van der Waals surface area (Å²) in [5, 5.41) is 3.24. The molecule has 0 fully saturated rings. The number of nitrogens with zero attached hydrogens (tertiary/aromatic N) is 2. The van der Waals surface area contributed by atoms with Crippen molar-refractivity contribution in [3.63, 3.8) is 0 Å². The zero-order chi connectivity index (χ0) is 13.0. The van der Waals surface area contributed by atoms with Gasteiger partial charge in [-0.3, -0.25) is 4.79 Å². The van der Waals surface area contributed by atoms with Gasteiger partial charge < -0.3 is 5.32 Å². The zero-order valence-electron chi connectivity index (χ0n) is 9.55. The van der Waals surface area contributed by atoms with Gasteiger partial charge in [0.2, 0.25) is 0 Å². The zero-order valence-corrected chi connectivity index (χ0v) is 11.1. The van der Waals surface area contributed by atoms with Crippen LogP contribution in [0.2, 0.25) is 5.15 Å². The summed E-state index contributed by atoms with van der Waals surface area (Å²) in [6, 6.07) is 7.75. The number of para-hydroxylation sites is 1. The van der Waals surface area contributed by atoms with Crippen LogP contribution in [0.15, 0.2) is 35.5 Å². The molecule has 0 atom stereocenters. The molecule has 0 bridgehead atoms. The maximum atomic E-state index is 11.0. The van der Waals surface area contributed by atoms with Gasteiger partial charge in [0.25, 0.3) is 0 Å². The van der Waals surface area contributed by atoms with E-state index in [1.807, 2.05) is 30.5 Å². The Morgan fingerprint density at radius 1 is 1.33 bits per heavy atom. The van der Waals surface area contributed by atoms with Crippen molar-refractivity contribution in [1.82, 2.24) is 9.97 Å². The first kappa shape index (κ1) is 12.9. The topological polar surface area (TPSA) is 54.9 Å². The van der Waals surface area contributed by atoms with Gasteiger partial charge in [0, 0.05) is 4.90 Å². The Morgan fingerprint density at radius 3 is 2.83 bits per heavy atom. The fourth-order valence-corrected chi connectivity index (χ4v) is 2.18. The SMILES string of the molecule is CSc1ccccc1Nc1ncnc(Cl)c1C=O. The highest BCUT2D eigenvalue weighted by Gasteiger charge is 2.10. The van der Waals surface area contributed by atoms with Gasteiger partial charge in [-0.15, -0.1) is 11.8 Å². The van der Waals surface area contributed by atoms with Crippen molar-refractivity contribution in [3.05, 3.63) is 41.3 Å². The van der Waals surface area contributed by atoms with E-state index in [-0.39, 0.29) is 10.7 Å². The lowest BCUT2D eigenvalue weighted by Gasteiger charge is -2.11. The Morgan fingerprint density at radius 2 is 2.11 bits per heavy atom. The minimum Gasteiger partial charge on any atom is -0.339 e. The molecule has 0 aliphatic heterocycles. The molecule has 1 aromatic carbocycles. The molecule has 2 rings (SSSR count). The van der Waals surface area contributed by atoms with Gasteiger partial charge in [0.15, 0.2) is 6.29 Å². The molecule has 1 heterocycles. The molecular formula is C12H10ClN3OS. The number of nitrogens with one attached hydrogen (secondary N) is 1. The molecule has 0 saturated heterocycles. The minimum atomic E-state index is 0.143. The molecule has 0 saturated carbocycles. The van der Waals surface area contributed by atoms with Gasteiger partial charge in [-0.25, -0.2) is 9.97 Å². The molecule has 1 aromatic heterocycles. The number of carbonyl (C=O) groups is 1. The van der Waals surface area contributed by atoms with Crippen LogP contribution >= 0.6 is 23.4 Å². The van der Waals surface area contributed by atoms with Crippen molar-refractivity contribution in [1.29, 1.82) is 0 Å². The minimum absolute atomic E-state index is 0.143. The van der Waals surface area contributed by atoms with Gasteiger partial charge in [-0.2, -0.15) is 0 Å². The quantitative estimate of drug-likeness (QED) is 0.528. The van der Waals surface area contributed by atoms with Gasteiger partial charge in [-0.1, -0.05) is 23.7 Å². The maximum Gasteiger partial charge on any atom is 0.156 e. The average Bonchev–Trinajstić information content (AvgIpc) is 2.40. The monoisotopic (exact) mass is 279 g/mol. The van der Waals surface area contributed by atoms with Crippen LogP contribution in [-0.2, 0) is 0 Å². The summed E-state index contributed by atoms with van der Waals surface area (Å²) in [6.45, 7) is 0. The van der Waals surface area contributed by atoms with Crippen molar-refractivity contribution < 1.29 is 4.79 Å². The van der Waals surface area contributed by atoms with Crippen LogP contribution in [0.5, 0.6) is 0 Å². The van der Waals surface area contributed by atoms with Crippen LogP contribution in [0, 0.1) is 0 Å². The third kappa shape index (κ3) is 2.63. The fraction of sp³-hybridized carbons (Fsp3) is 0.0833. The number of aldehydes is 1. The molecule has 0 aliphatic rings. The maximum absolute atomic E-state index is 11.0. The lowest BCUT2D eigenvalue weighted by molar-refractivity contribution is 0.112. The molecule has 0 unspecified atom stereocenters. The summed E-state index contributed by atoms with van der Waals surface area (Å²) >= 11 is 7.45. The lowest BCUT2D eigenvalue weighted by Crippen LogP contribution is -2.01. The number of halogens is 1. The predicted molar refractivity (Wildman–Crippen MR) is 73.9 cm³/mol. The Labute approximate surface area is 114 Å². The van der Waals surface area contributed by atoms with E-state index in [0.29, 0.717) is 12.1 Å². The van der Waals surface area contributed by atoms with Crippen LogP contribution in [0.3, 0.4) is 0 Å². The second kappa shape index (κ2) is 5.84. The number of hydrogen-bond acceptors (Lipinski definition) is 5. The molecule has 0 amide bonds. The smallest absolute Gasteiger partial charge is 0.156 e. The molecule has 6 heteroatoms. The molecule has 92 valence electrons. The fourth-order valence-electron chi connectivity index (χ4n) is 1.45. The first-order chi connectivity index (χ1) is 8.76. The molecular weight excluding hydrogens is 270 g/mol. The summed E-state index contributed by atoms with van der Waals surface area (Å²) in [5.41, 5.74) is 1.14. The third-order valence-corrected chi connectivity index (χ3v) is 3.41. The van der Waals surface area contributed by atoms with E-state index in [2.05, 4.69) is 15.3 Å². The normalized spacial score (nSPS) is 10.1. The van der Waals surface area contributed by atoms with E-state index in [9.17, 15) is 4.79 Å². The Bertz CT molecular complexity index is 577. The molecule has 1 N–H and O–H groups in total. The van der Waals surface area contributed by atoms with Crippen LogP contribution in [-0.4, -0.2) is 22.5 Å². The Hall–Kier alpha value is -1.59. The summed E-state index contributed by atoms with van der Waals surface area (Å²) in [4.78, 5) is 19.8. The summed E-state index contributed by atoms with van der Waals surface area (Å²) in [5.74, 6) is 0.409. The second-order valence-electron chi connectivity index (χ2n) is 3.37. The molecule has 0 aliphatic carbocycles. The third-order valence-electron chi connectivity index (χ3n) is 2.31. The number of rotatable bonds is 4. The van der Waals surface area contributed by atoms with Gasteiger partial charge in [0.1, 0.15) is 17.3 Å². The van der Waals surface area contributed by atoms with Crippen LogP contribution in [0.25, 0.3) is 0 Å². The second-order valence-corrected chi connectivity index (χ2v) is 4.58. The number of benzene rings is 1. The molecule has 2 aromatic rings. The number of carbonyl (C=O) groups excluding carboxylic acids is 1. The standard InChI is InChI=1S/C12H10ClN3OS/c1-18-10-5-3-2-4-9(10)16-12-8(6-17)11(13)14-7-15-12/h2-7H,1H3,(H,14,15,16). The van der Waals surface area contributed by atoms with E-state index in [1.165, 1.54) is 6.33 Å². The highest BCUT2D eigenvalue weighted by molar-refractivity contribution is 7.98. The molecule has 0 radical (unpaired) electrons. The van der Waals surface area contributed by atoms with Crippen LogP contribution < -0.4 is 5.32 Å². The number of aromatic nitrogens is 2. The number of thioether (sulfide) groups is 1. The summed E-state index contributed by atoms with van der Waals surface area (Å²) in [7, 11) is 0. The highest BCUT2D eigenvalue weighted by Crippen LogP contribution is 2.28. The van der Waals surface area contributed by atoms with Gasteiger partial charge >= 0.3 is 0 Å². The van der Waals surface area contributed by atoms with Crippen molar-refractivity contribution in [2.45, 2.75) is 4.90 Å². The Kier molecular flexibility index (Phi) is 4.17. The number of hydrogen-bond donors (Lipinski definition) is 1. The van der Waals surface area contributed by atoms with E-state index in [0.717, 1.165) is 10.6 Å². The van der Waals surface area contributed by atoms with Crippen molar-refractivity contribution in [2.75, 3.05) is 11.6 Å². The lowest BCUT2D eigenvalue weighted by atomic mass is 10.3. The Balaban J connectivity index is 2.40. The average molecular weight is 280 g/mol. The summed E-state index contributed by atoms with van der Waals surface area (Å²) in [6.07, 6.45) is 3.94. The summed E-state index contributed by atoms with van der Waals surface area (Å²) < 4.78 is 0. The highest BCUT2D eigenvalue weighted by atomic mass is 35.5. The molecule has 0 spiro atoms. The van der Waals surface area contributed by atoms with Gasteiger partial charge in [-0.05, 0) is 18.4 Å². The van der Waals surface area contributed by atoms with Crippen LogP contribution in [0.4, 0.5) is 11.5 Å². The van der Waals surface area contributed by atoms with E-state index in [1.54, 1.807) is 11.8 Å². The van der Waals surface area contributed by atoms with Crippen LogP contribution in [0.1, 0.15) is 10.4 Å². The van der Waals surface area contributed by atoms with Gasteiger partial charge in [0.05, 0.1) is 11.3 Å². The van der Waals surface area contributed by atoms with Crippen molar-refractivity contribution in [2.24, 2.45) is 0 Å². The molecule has 4 nitrogen and oxygen atoms in total. The van der Waals surface area contributed by atoms with Crippen molar-refractivity contribution in [3.8, 4) is 0 Å². The largest absolute Gasteiger partial charge is 0.339 e. The molecule has 18 heavy (non-hydrogen) atoms. The van der Waals surface area contributed by atoms with Crippen molar-refractivity contribution >= 4 is 41.2 Å². The number of anilines is 2. The van der Waals surface area contributed by atoms with E-state index >= 15 is 0 Å².